The third-order valence-corrected chi connectivity index (χ3v) is 4.17. The van der Waals surface area contributed by atoms with E-state index in [4.69, 9.17) is 0 Å². The summed E-state index contributed by atoms with van der Waals surface area (Å²) in [5.41, 5.74) is 1.38. The second-order valence-corrected chi connectivity index (χ2v) is 6.27. The van der Waals surface area contributed by atoms with Gasteiger partial charge in [-0.2, -0.15) is 0 Å². The fraction of sp³-hybridized carbons (Fsp3) is 0.0909. The summed E-state index contributed by atoms with van der Waals surface area (Å²) in [5, 5.41) is 24.8. The SMILES string of the molecule is O=C(N[C@@H](Cc1ccccc1)C(=O)Nc1ccccc1O)c1cccc(O)c1. The molecule has 0 fully saturated rings. The van der Waals surface area contributed by atoms with E-state index in [1.54, 1.807) is 30.3 Å². The van der Waals surface area contributed by atoms with Crippen LogP contribution in [-0.2, 0) is 11.2 Å². The number of phenols is 2. The molecule has 0 aliphatic rings. The lowest BCUT2D eigenvalue weighted by atomic mass is 10.0. The van der Waals surface area contributed by atoms with E-state index in [9.17, 15) is 19.8 Å². The molecule has 3 aromatic rings. The zero-order chi connectivity index (χ0) is 19.9. The monoisotopic (exact) mass is 376 g/mol. The van der Waals surface area contributed by atoms with Gasteiger partial charge in [-0.25, -0.2) is 0 Å². The van der Waals surface area contributed by atoms with E-state index in [0.717, 1.165) is 5.56 Å². The zero-order valence-corrected chi connectivity index (χ0v) is 15.0. The van der Waals surface area contributed by atoms with Crippen molar-refractivity contribution in [3.8, 4) is 11.5 Å². The summed E-state index contributed by atoms with van der Waals surface area (Å²) in [6, 6.07) is 20.7. The van der Waals surface area contributed by atoms with Crippen molar-refractivity contribution >= 4 is 17.5 Å². The Bertz CT molecular complexity index is 973. The normalized spacial score (nSPS) is 11.4. The van der Waals surface area contributed by atoms with Crippen molar-refractivity contribution in [3.63, 3.8) is 0 Å². The van der Waals surface area contributed by atoms with Gasteiger partial charge in [0.1, 0.15) is 17.5 Å². The Morgan fingerprint density at radius 3 is 2.29 bits per heavy atom. The van der Waals surface area contributed by atoms with Crippen LogP contribution in [-0.4, -0.2) is 28.1 Å². The number of carbonyl (C=O) groups is 2. The largest absolute Gasteiger partial charge is 0.508 e. The van der Waals surface area contributed by atoms with Crippen LogP contribution in [0, 0.1) is 0 Å². The maximum atomic E-state index is 12.8. The highest BCUT2D eigenvalue weighted by Crippen LogP contribution is 2.22. The van der Waals surface area contributed by atoms with Gasteiger partial charge >= 0.3 is 0 Å². The molecule has 1 atom stereocenters. The van der Waals surface area contributed by atoms with Crippen LogP contribution >= 0.6 is 0 Å². The minimum Gasteiger partial charge on any atom is -0.508 e. The number of nitrogens with one attached hydrogen (secondary N) is 2. The van der Waals surface area contributed by atoms with Crippen LogP contribution in [0.3, 0.4) is 0 Å². The van der Waals surface area contributed by atoms with Gasteiger partial charge in [-0.05, 0) is 35.9 Å². The van der Waals surface area contributed by atoms with E-state index >= 15 is 0 Å². The molecule has 0 aromatic heterocycles. The van der Waals surface area contributed by atoms with Crippen molar-refractivity contribution < 1.29 is 19.8 Å². The van der Waals surface area contributed by atoms with Gasteiger partial charge in [-0.1, -0.05) is 48.5 Å². The molecule has 2 amide bonds. The molecule has 0 aliphatic heterocycles. The number of hydrogen-bond donors (Lipinski definition) is 4. The summed E-state index contributed by atoms with van der Waals surface area (Å²) in [7, 11) is 0. The number of phenolic OH excluding ortho intramolecular Hbond substituents is 2. The maximum absolute atomic E-state index is 12.8. The third kappa shape index (κ3) is 4.88. The Balaban J connectivity index is 1.81. The number of aromatic hydroxyl groups is 2. The van der Waals surface area contributed by atoms with E-state index in [-0.39, 0.29) is 29.2 Å². The Labute approximate surface area is 162 Å². The Hall–Kier alpha value is -3.80. The average molecular weight is 376 g/mol. The summed E-state index contributed by atoms with van der Waals surface area (Å²) in [6.07, 6.45) is 0.269. The number of benzene rings is 3. The van der Waals surface area contributed by atoms with Crippen LogP contribution in [0.15, 0.2) is 78.9 Å². The van der Waals surface area contributed by atoms with Crippen molar-refractivity contribution in [2.45, 2.75) is 12.5 Å². The Kier molecular flexibility index (Phi) is 5.91. The molecular formula is C22H20N2O4. The summed E-state index contributed by atoms with van der Waals surface area (Å²) in [5.74, 6) is -1.04. The number of amides is 2. The Morgan fingerprint density at radius 2 is 1.57 bits per heavy atom. The van der Waals surface area contributed by atoms with Crippen molar-refractivity contribution in [1.29, 1.82) is 0 Å². The lowest BCUT2D eigenvalue weighted by Gasteiger charge is -2.19. The third-order valence-electron chi connectivity index (χ3n) is 4.17. The van der Waals surface area contributed by atoms with Crippen LogP contribution in [0.25, 0.3) is 0 Å². The first kappa shape index (κ1) is 19.0. The molecule has 0 heterocycles. The molecule has 0 radical (unpaired) electrons. The first-order valence-electron chi connectivity index (χ1n) is 8.75. The van der Waals surface area contributed by atoms with Gasteiger partial charge in [0.25, 0.3) is 5.91 Å². The van der Waals surface area contributed by atoms with Gasteiger partial charge in [0, 0.05) is 12.0 Å². The molecule has 142 valence electrons. The number of hydrogen-bond acceptors (Lipinski definition) is 4. The van der Waals surface area contributed by atoms with Gasteiger partial charge in [0.15, 0.2) is 0 Å². The van der Waals surface area contributed by atoms with E-state index in [1.807, 2.05) is 30.3 Å². The van der Waals surface area contributed by atoms with Crippen LogP contribution in [0.5, 0.6) is 11.5 Å². The van der Waals surface area contributed by atoms with Gasteiger partial charge in [0.2, 0.25) is 5.91 Å². The molecule has 6 heteroatoms. The predicted octanol–water partition coefficient (Wildman–Crippen LogP) is 3.08. The highest BCUT2D eigenvalue weighted by molar-refractivity contribution is 6.01. The molecule has 3 rings (SSSR count). The fourth-order valence-electron chi connectivity index (χ4n) is 2.75. The average Bonchev–Trinajstić information content (AvgIpc) is 2.70. The highest BCUT2D eigenvalue weighted by Gasteiger charge is 2.23. The minimum atomic E-state index is -0.878. The molecule has 4 N–H and O–H groups in total. The van der Waals surface area contributed by atoms with Crippen molar-refractivity contribution in [1.82, 2.24) is 5.32 Å². The van der Waals surface area contributed by atoms with E-state index in [1.165, 1.54) is 18.2 Å². The maximum Gasteiger partial charge on any atom is 0.252 e. The molecule has 0 unspecified atom stereocenters. The first-order valence-corrected chi connectivity index (χ1v) is 8.75. The van der Waals surface area contributed by atoms with Crippen LogP contribution in [0.1, 0.15) is 15.9 Å². The van der Waals surface area contributed by atoms with Crippen molar-refractivity contribution in [2.24, 2.45) is 0 Å². The van der Waals surface area contributed by atoms with E-state index < -0.39 is 17.9 Å². The van der Waals surface area contributed by atoms with Crippen molar-refractivity contribution in [3.05, 3.63) is 90.0 Å². The number of anilines is 1. The van der Waals surface area contributed by atoms with E-state index in [0.29, 0.717) is 0 Å². The first-order chi connectivity index (χ1) is 13.5. The number of carbonyl (C=O) groups excluding carboxylic acids is 2. The molecule has 0 bridgehead atoms. The van der Waals surface area contributed by atoms with Gasteiger partial charge in [-0.15, -0.1) is 0 Å². The summed E-state index contributed by atoms with van der Waals surface area (Å²) in [4.78, 5) is 25.4. The predicted molar refractivity (Wildman–Crippen MR) is 106 cm³/mol. The number of rotatable bonds is 6. The van der Waals surface area contributed by atoms with Crippen LogP contribution in [0.4, 0.5) is 5.69 Å². The molecule has 0 saturated heterocycles. The van der Waals surface area contributed by atoms with Crippen molar-refractivity contribution in [2.75, 3.05) is 5.32 Å². The molecule has 28 heavy (non-hydrogen) atoms. The second-order valence-electron chi connectivity index (χ2n) is 6.27. The highest BCUT2D eigenvalue weighted by atomic mass is 16.3. The fourth-order valence-corrected chi connectivity index (χ4v) is 2.75. The quantitative estimate of drug-likeness (QED) is 0.497. The van der Waals surface area contributed by atoms with Gasteiger partial charge in [-0.3, -0.25) is 9.59 Å². The van der Waals surface area contributed by atoms with Gasteiger partial charge < -0.3 is 20.8 Å². The van der Waals surface area contributed by atoms with Crippen LogP contribution in [0.2, 0.25) is 0 Å². The second kappa shape index (κ2) is 8.73. The molecule has 3 aromatic carbocycles. The summed E-state index contributed by atoms with van der Waals surface area (Å²) in [6.45, 7) is 0. The lowest BCUT2D eigenvalue weighted by molar-refractivity contribution is -0.118. The number of para-hydroxylation sites is 2. The molecule has 0 spiro atoms. The minimum absolute atomic E-state index is 0.0362. The molecule has 6 nitrogen and oxygen atoms in total. The molecule has 0 aliphatic carbocycles. The lowest BCUT2D eigenvalue weighted by Crippen LogP contribution is -2.45. The standard InChI is InChI=1S/C22H20N2O4/c25-17-10-6-9-16(14-17)21(27)24-19(13-15-7-2-1-3-8-15)22(28)23-18-11-4-5-12-20(18)26/h1-12,14,19,25-26H,13H2,(H,23,28)(H,24,27)/t19-/m0/s1. The van der Waals surface area contributed by atoms with Gasteiger partial charge in [0.05, 0.1) is 5.69 Å². The molecular weight excluding hydrogens is 356 g/mol. The van der Waals surface area contributed by atoms with E-state index in [2.05, 4.69) is 10.6 Å². The molecule has 0 saturated carbocycles. The Morgan fingerprint density at radius 1 is 0.857 bits per heavy atom. The summed E-state index contributed by atoms with van der Waals surface area (Å²) < 4.78 is 0. The summed E-state index contributed by atoms with van der Waals surface area (Å²) >= 11 is 0. The zero-order valence-electron chi connectivity index (χ0n) is 15.0. The van der Waals surface area contributed by atoms with Crippen LogP contribution < -0.4 is 10.6 Å². The smallest absolute Gasteiger partial charge is 0.252 e. The topological polar surface area (TPSA) is 98.7 Å².